The van der Waals surface area contributed by atoms with Gasteiger partial charge in [0.25, 0.3) is 3.79 Å². The lowest BCUT2D eigenvalue weighted by Crippen LogP contribution is -2.23. The second kappa shape index (κ2) is 4.76. The van der Waals surface area contributed by atoms with Crippen LogP contribution in [-0.2, 0) is 9.53 Å². The van der Waals surface area contributed by atoms with Crippen LogP contribution in [0.15, 0.2) is 18.2 Å². The number of carbonyl (C=O) groups is 1. The van der Waals surface area contributed by atoms with E-state index >= 15 is 0 Å². The van der Waals surface area contributed by atoms with Crippen LogP contribution in [0.2, 0.25) is 0 Å². The van der Waals surface area contributed by atoms with E-state index in [1.54, 1.807) is 6.08 Å². The molecule has 0 unspecified atom stereocenters. The zero-order valence-corrected chi connectivity index (χ0v) is 12.1. The highest BCUT2D eigenvalue weighted by Crippen LogP contribution is 2.37. The molecule has 0 amide bonds. The maximum atomic E-state index is 11.6. The third-order valence-corrected chi connectivity index (χ3v) is 3.48. The number of aryl methyl sites for hydroxylation is 1. The first-order valence-electron chi connectivity index (χ1n) is 5.37. The van der Waals surface area contributed by atoms with E-state index in [1.165, 1.54) is 0 Å². The smallest absolute Gasteiger partial charge is 0.359 e. The SMILES string of the molecule is Cc1ccc2c(c1C)[C@H](OC(=O)C(Cl)(Cl)Cl)C=C2. The minimum atomic E-state index is -2.05. The predicted molar refractivity (Wildman–Crippen MR) is 74.1 cm³/mol. The van der Waals surface area contributed by atoms with E-state index < -0.39 is 15.9 Å². The van der Waals surface area contributed by atoms with Crippen LogP contribution < -0.4 is 0 Å². The van der Waals surface area contributed by atoms with Gasteiger partial charge in [-0.2, -0.15) is 0 Å². The van der Waals surface area contributed by atoms with Crippen molar-refractivity contribution in [1.29, 1.82) is 0 Å². The first kappa shape index (κ1) is 13.7. The third-order valence-electron chi connectivity index (χ3n) is 3.02. The number of halogens is 3. The molecule has 96 valence electrons. The van der Waals surface area contributed by atoms with Crippen LogP contribution in [0.4, 0.5) is 0 Å². The summed E-state index contributed by atoms with van der Waals surface area (Å²) in [6, 6.07) is 4.01. The molecule has 0 spiro atoms. The number of esters is 1. The van der Waals surface area contributed by atoms with Crippen LogP contribution in [0.5, 0.6) is 0 Å². The van der Waals surface area contributed by atoms with Gasteiger partial charge in [0.15, 0.2) is 0 Å². The molecule has 18 heavy (non-hydrogen) atoms. The molecule has 1 aliphatic carbocycles. The Labute approximate surface area is 120 Å². The van der Waals surface area contributed by atoms with Gasteiger partial charge in [-0.25, -0.2) is 4.79 Å². The highest BCUT2D eigenvalue weighted by atomic mass is 35.6. The largest absolute Gasteiger partial charge is 0.450 e. The minimum absolute atomic E-state index is 0.483. The molecular formula is C13H11Cl3O2. The first-order valence-corrected chi connectivity index (χ1v) is 6.50. The van der Waals surface area contributed by atoms with Gasteiger partial charge in [0, 0.05) is 5.56 Å². The normalized spacial score (nSPS) is 17.7. The van der Waals surface area contributed by atoms with Crippen LogP contribution in [-0.4, -0.2) is 9.76 Å². The van der Waals surface area contributed by atoms with Crippen molar-refractivity contribution in [3.63, 3.8) is 0 Å². The molecule has 1 atom stereocenters. The van der Waals surface area contributed by atoms with Gasteiger partial charge in [0.05, 0.1) is 0 Å². The summed E-state index contributed by atoms with van der Waals surface area (Å²) < 4.78 is 3.17. The molecule has 0 N–H and O–H groups in total. The lowest BCUT2D eigenvalue weighted by atomic mass is 9.98. The van der Waals surface area contributed by atoms with E-state index in [4.69, 9.17) is 39.5 Å². The zero-order valence-electron chi connectivity index (χ0n) is 9.84. The molecule has 2 rings (SSSR count). The number of alkyl halides is 3. The standard InChI is InChI=1S/C13H11Cl3O2/c1-7-3-4-9-5-6-10(11(9)8(7)2)18-12(17)13(14,15)16/h3-6,10H,1-2H3/t10-/m1/s1. The Balaban J connectivity index is 2.30. The van der Waals surface area contributed by atoms with Crippen LogP contribution in [0.1, 0.15) is 28.4 Å². The van der Waals surface area contributed by atoms with Gasteiger partial charge in [0.1, 0.15) is 6.10 Å². The fourth-order valence-electron chi connectivity index (χ4n) is 1.95. The Hall–Kier alpha value is -0.700. The quantitative estimate of drug-likeness (QED) is 0.571. The van der Waals surface area contributed by atoms with E-state index in [0.717, 1.165) is 22.3 Å². The summed E-state index contributed by atoms with van der Waals surface area (Å²) in [4.78, 5) is 11.6. The predicted octanol–water partition coefficient (Wildman–Crippen LogP) is 4.28. The molecule has 0 radical (unpaired) electrons. The van der Waals surface area contributed by atoms with Crippen LogP contribution >= 0.6 is 34.8 Å². The van der Waals surface area contributed by atoms with Crippen molar-refractivity contribution >= 4 is 46.8 Å². The van der Waals surface area contributed by atoms with Crippen molar-refractivity contribution in [2.75, 3.05) is 0 Å². The Bertz CT molecular complexity index is 530. The van der Waals surface area contributed by atoms with Crippen molar-refractivity contribution in [3.05, 3.63) is 40.5 Å². The molecule has 0 aromatic heterocycles. The molecule has 0 fully saturated rings. The molecule has 1 aliphatic rings. The Morgan fingerprint density at radius 3 is 2.56 bits per heavy atom. The van der Waals surface area contributed by atoms with Gasteiger partial charge in [-0.05, 0) is 36.6 Å². The summed E-state index contributed by atoms with van der Waals surface area (Å²) in [5.41, 5.74) is 4.20. The fourth-order valence-corrected chi connectivity index (χ4v) is 2.08. The number of fused-ring (bicyclic) bond motifs is 1. The van der Waals surface area contributed by atoms with E-state index in [9.17, 15) is 4.79 Å². The molecule has 5 heteroatoms. The number of ether oxygens (including phenoxy) is 1. The third kappa shape index (κ3) is 2.51. The highest BCUT2D eigenvalue weighted by Gasteiger charge is 2.36. The van der Waals surface area contributed by atoms with E-state index in [-0.39, 0.29) is 0 Å². The number of hydrogen-bond donors (Lipinski definition) is 0. The number of benzene rings is 1. The molecule has 0 saturated carbocycles. The summed E-state index contributed by atoms with van der Waals surface area (Å²) in [5.74, 6) is -0.865. The summed E-state index contributed by atoms with van der Waals surface area (Å²) >= 11 is 16.5. The van der Waals surface area contributed by atoms with Crippen molar-refractivity contribution in [1.82, 2.24) is 0 Å². The summed E-state index contributed by atoms with van der Waals surface area (Å²) in [6.45, 7) is 3.99. The topological polar surface area (TPSA) is 26.3 Å². The average molecular weight is 306 g/mol. The molecule has 0 heterocycles. The number of carbonyl (C=O) groups excluding carboxylic acids is 1. The Kier molecular flexibility index (Phi) is 3.63. The summed E-state index contributed by atoms with van der Waals surface area (Å²) in [6.07, 6.45) is 3.20. The highest BCUT2D eigenvalue weighted by molar-refractivity contribution is 6.75. The zero-order chi connectivity index (χ0) is 13.5. The number of rotatable bonds is 1. The van der Waals surface area contributed by atoms with Crippen molar-refractivity contribution in [2.24, 2.45) is 0 Å². The van der Waals surface area contributed by atoms with Crippen LogP contribution in [0.3, 0.4) is 0 Å². The van der Waals surface area contributed by atoms with Crippen molar-refractivity contribution in [2.45, 2.75) is 23.7 Å². The second-order valence-corrected chi connectivity index (χ2v) is 6.47. The summed E-state index contributed by atoms with van der Waals surface area (Å²) in [5, 5.41) is 0. The average Bonchev–Trinajstić information content (AvgIpc) is 2.66. The first-order chi connectivity index (χ1) is 8.30. The van der Waals surface area contributed by atoms with Crippen molar-refractivity contribution in [3.8, 4) is 0 Å². The van der Waals surface area contributed by atoms with Crippen LogP contribution in [0.25, 0.3) is 6.08 Å². The van der Waals surface area contributed by atoms with E-state index in [1.807, 2.05) is 32.1 Å². The maximum absolute atomic E-state index is 11.6. The van der Waals surface area contributed by atoms with Crippen molar-refractivity contribution < 1.29 is 9.53 Å². The van der Waals surface area contributed by atoms with Gasteiger partial charge in [-0.3, -0.25) is 0 Å². The second-order valence-electron chi connectivity index (χ2n) is 4.19. The molecule has 0 bridgehead atoms. The van der Waals surface area contributed by atoms with Gasteiger partial charge in [-0.1, -0.05) is 53.0 Å². The molecular weight excluding hydrogens is 294 g/mol. The molecule has 2 nitrogen and oxygen atoms in total. The van der Waals surface area contributed by atoms with Gasteiger partial charge in [-0.15, -0.1) is 0 Å². The van der Waals surface area contributed by atoms with Gasteiger partial charge >= 0.3 is 5.97 Å². The monoisotopic (exact) mass is 304 g/mol. The molecule has 0 aliphatic heterocycles. The Morgan fingerprint density at radius 2 is 1.94 bits per heavy atom. The van der Waals surface area contributed by atoms with Crippen LogP contribution in [0, 0.1) is 13.8 Å². The van der Waals surface area contributed by atoms with E-state index in [0.29, 0.717) is 0 Å². The fraction of sp³-hybridized carbons (Fsp3) is 0.308. The summed E-state index contributed by atoms with van der Waals surface area (Å²) in [7, 11) is 0. The minimum Gasteiger partial charge on any atom is -0.450 e. The lowest BCUT2D eigenvalue weighted by Gasteiger charge is -2.18. The Morgan fingerprint density at radius 1 is 1.28 bits per heavy atom. The molecule has 1 aromatic rings. The van der Waals surface area contributed by atoms with Gasteiger partial charge in [0.2, 0.25) is 0 Å². The lowest BCUT2D eigenvalue weighted by molar-refractivity contribution is -0.146. The van der Waals surface area contributed by atoms with E-state index in [2.05, 4.69) is 0 Å². The maximum Gasteiger partial charge on any atom is 0.359 e. The number of hydrogen-bond acceptors (Lipinski definition) is 2. The molecule has 1 aromatic carbocycles. The molecule has 0 saturated heterocycles. The van der Waals surface area contributed by atoms with Gasteiger partial charge < -0.3 is 4.74 Å².